The summed E-state index contributed by atoms with van der Waals surface area (Å²) < 4.78 is 1.27. The lowest BCUT2D eigenvalue weighted by Gasteiger charge is -2.33. The van der Waals surface area contributed by atoms with E-state index in [1.807, 2.05) is 0 Å². The third kappa shape index (κ3) is 1.79. The molecule has 0 aliphatic heterocycles. The summed E-state index contributed by atoms with van der Waals surface area (Å²) in [7, 11) is 0. The maximum atomic E-state index is 10.9. The Balaban J connectivity index is 2.05. The molecule has 3 rings (SSSR count). The fourth-order valence-corrected chi connectivity index (χ4v) is 4.40. The molecule has 1 saturated carbocycles. The van der Waals surface area contributed by atoms with Gasteiger partial charge in [0, 0.05) is 10.1 Å². The maximum absolute atomic E-state index is 10.9. The minimum absolute atomic E-state index is 0.123. The van der Waals surface area contributed by atoms with Crippen LogP contribution >= 0.6 is 11.3 Å². The summed E-state index contributed by atoms with van der Waals surface area (Å²) in [4.78, 5) is 0. The SMILES string of the molecule is CCC1(C(O)c2cccc3ccsc23)CCCC1. The summed E-state index contributed by atoms with van der Waals surface area (Å²) in [6.07, 6.45) is 5.66. The molecule has 96 valence electrons. The van der Waals surface area contributed by atoms with E-state index in [9.17, 15) is 5.11 Å². The Bertz CT molecular complexity index is 537. The van der Waals surface area contributed by atoms with Gasteiger partial charge in [-0.25, -0.2) is 0 Å². The van der Waals surface area contributed by atoms with Crippen LogP contribution in [0, 0.1) is 5.41 Å². The Kier molecular flexibility index (Phi) is 3.16. The van der Waals surface area contributed by atoms with Crippen molar-refractivity contribution in [2.75, 3.05) is 0 Å². The minimum atomic E-state index is -0.299. The second-order valence-corrected chi connectivity index (χ2v) is 6.43. The molecule has 1 atom stereocenters. The van der Waals surface area contributed by atoms with E-state index < -0.39 is 0 Å². The zero-order valence-corrected chi connectivity index (χ0v) is 11.7. The van der Waals surface area contributed by atoms with E-state index in [-0.39, 0.29) is 11.5 Å². The number of fused-ring (bicyclic) bond motifs is 1. The van der Waals surface area contributed by atoms with Gasteiger partial charge in [-0.15, -0.1) is 11.3 Å². The second-order valence-electron chi connectivity index (χ2n) is 5.51. The van der Waals surface area contributed by atoms with Crippen LogP contribution in [0.2, 0.25) is 0 Å². The molecule has 0 saturated heterocycles. The van der Waals surface area contributed by atoms with Crippen molar-refractivity contribution in [1.82, 2.24) is 0 Å². The molecule has 0 amide bonds. The number of benzene rings is 1. The molecule has 2 aromatic rings. The molecule has 1 aromatic carbocycles. The molecule has 1 nitrogen and oxygen atoms in total. The molecule has 2 heteroatoms. The summed E-state index contributed by atoms with van der Waals surface area (Å²) in [6, 6.07) is 8.46. The standard InChI is InChI=1S/C16H20OS/c1-2-16(9-3-4-10-16)15(17)13-7-5-6-12-8-11-18-14(12)13/h5-8,11,15,17H,2-4,9-10H2,1H3. The third-order valence-electron chi connectivity index (χ3n) is 4.69. The van der Waals surface area contributed by atoms with Crippen molar-refractivity contribution in [3.8, 4) is 0 Å². The average molecular weight is 260 g/mol. The minimum Gasteiger partial charge on any atom is -0.388 e. The van der Waals surface area contributed by atoms with E-state index in [0.29, 0.717) is 0 Å². The highest BCUT2D eigenvalue weighted by Gasteiger charge is 2.40. The van der Waals surface area contributed by atoms with Gasteiger partial charge < -0.3 is 5.11 Å². The smallest absolute Gasteiger partial charge is 0.0859 e. The molecule has 1 N–H and O–H groups in total. The molecule has 0 bridgehead atoms. The van der Waals surface area contributed by atoms with Crippen molar-refractivity contribution >= 4 is 21.4 Å². The average Bonchev–Trinajstić information content (AvgIpc) is 3.06. The van der Waals surface area contributed by atoms with Crippen molar-refractivity contribution in [2.45, 2.75) is 45.1 Å². The van der Waals surface area contributed by atoms with E-state index in [1.165, 1.54) is 35.8 Å². The summed E-state index contributed by atoms with van der Waals surface area (Å²) in [5.41, 5.74) is 1.27. The highest BCUT2D eigenvalue weighted by atomic mass is 32.1. The van der Waals surface area contributed by atoms with Crippen molar-refractivity contribution < 1.29 is 5.11 Å². The molecule has 1 fully saturated rings. The first kappa shape index (κ1) is 12.2. The molecule has 0 spiro atoms. The van der Waals surface area contributed by atoms with Gasteiger partial charge in [0.1, 0.15) is 0 Å². The number of aliphatic hydroxyl groups excluding tert-OH is 1. The van der Waals surface area contributed by atoms with Crippen LogP contribution in [0.15, 0.2) is 29.6 Å². The monoisotopic (exact) mass is 260 g/mol. The second kappa shape index (κ2) is 4.67. The van der Waals surface area contributed by atoms with Crippen LogP contribution in [0.1, 0.15) is 50.7 Å². The van der Waals surface area contributed by atoms with E-state index in [2.05, 4.69) is 36.6 Å². The van der Waals surface area contributed by atoms with Crippen LogP contribution in [0.5, 0.6) is 0 Å². The zero-order chi connectivity index (χ0) is 12.6. The Labute approximate surface area is 112 Å². The first-order valence-electron chi connectivity index (χ1n) is 6.91. The van der Waals surface area contributed by atoms with Gasteiger partial charge in [-0.1, -0.05) is 38.0 Å². The number of aliphatic hydroxyl groups is 1. The molecule has 1 heterocycles. The van der Waals surface area contributed by atoms with Crippen LogP contribution in [-0.4, -0.2) is 5.11 Å². The van der Waals surface area contributed by atoms with E-state index in [0.717, 1.165) is 12.0 Å². The number of thiophene rings is 1. The molecular formula is C16H20OS. The van der Waals surface area contributed by atoms with Crippen molar-refractivity contribution in [3.63, 3.8) is 0 Å². The lowest BCUT2D eigenvalue weighted by Crippen LogP contribution is -2.25. The summed E-state index contributed by atoms with van der Waals surface area (Å²) in [5, 5.41) is 14.3. The van der Waals surface area contributed by atoms with Gasteiger partial charge in [0.2, 0.25) is 0 Å². The number of hydrogen-bond acceptors (Lipinski definition) is 2. The van der Waals surface area contributed by atoms with Crippen LogP contribution in [0.4, 0.5) is 0 Å². The normalized spacial score (nSPS) is 20.3. The number of hydrogen-bond donors (Lipinski definition) is 1. The third-order valence-corrected chi connectivity index (χ3v) is 5.67. The van der Waals surface area contributed by atoms with E-state index in [4.69, 9.17) is 0 Å². The predicted molar refractivity (Wildman–Crippen MR) is 78.0 cm³/mol. The Morgan fingerprint density at radius 1 is 1.28 bits per heavy atom. The van der Waals surface area contributed by atoms with Crippen LogP contribution in [0.25, 0.3) is 10.1 Å². The van der Waals surface area contributed by atoms with Crippen molar-refractivity contribution in [2.24, 2.45) is 5.41 Å². The van der Waals surface area contributed by atoms with Crippen molar-refractivity contribution in [3.05, 3.63) is 35.2 Å². The fourth-order valence-electron chi connectivity index (χ4n) is 3.46. The lowest BCUT2D eigenvalue weighted by molar-refractivity contribution is 0.0250. The van der Waals surface area contributed by atoms with Gasteiger partial charge in [0.05, 0.1) is 6.10 Å². The molecule has 1 aliphatic carbocycles. The molecule has 1 unspecified atom stereocenters. The first-order valence-corrected chi connectivity index (χ1v) is 7.79. The Morgan fingerprint density at radius 2 is 2.06 bits per heavy atom. The van der Waals surface area contributed by atoms with Gasteiger partial charge in [-0.3, -0.25) is 0 Å². The molecule has 1 aliphatic rings. The van der Waals surface area contributed by atoms with Crippen LogP contribution in [-0.2, 0) is 0 Å². The van der Waals surface area contributed by atoms with Gasteiger partial charge in [-0.05, 0) is 41.7 Å². The predicted octanol–water partition coefficient (Wildman–Crippen LogP) is 4.91. The van der Waals surface area contributed by atoms with Crippen LogP contribution in [0.3, 0.4) is 0 Å². The van der Waals surface area contributed by atoms with E-state index >= 15 is 0 Å². The highest BCUT2D eigenvalue weighted by Crippen LogP contribution is 2.51. The Morgan fingerprint density at radius 3 is 2.78 bits per heavy atom. The maximum Gasteiger partial charge on any atom is 0.0859 e. The zero-order valence-electron chi connectivity index (χ0n) is 10.9. The Hall–Kier alpha value is -0.860. The van der Waals surface area contributed by atoms with Gasteiger partial charge >= 0.3 is 0 Å². The summed E-state index contributed by atoms with van der Waals surface area (Å²) >= 11 is 1.75. The fraction of sp³-hybridized carbons (Fsp3) is 0.500. The van der Waals surface area contributed by atoms with Gasteiger partial charge in [0.25, 0.3) is 0 Å². The van der Waals surface area contributed by atoms with Gasteiger partial charge in [-0.2, -0.15) is 0 Å². The summed E-state index contributed by atoms with van der Waals surface area (Å²) in [6.45, 7) is 2.23. The number of rotatable bonds is 3. The topological polar surface area (TPSA) is 20.2 Å². The quantitative estimate of drug-likeness (QED) is 0.831. The van der Waals surface area contributed by atoms with Crippen molar-refractivity contribution in [1.29, 1.82) is 0 Å². The first-order chi connectivity index (χ1) is 8.77. The summed E-state index contributed by atoms with van der Waals surface area (Å²) in [5.74, 6) is 0. The molecular weight excluding hydrogens is 240 g/mol. The van der Waals surface area contributed by atoms with Crippen LogP contribution < -0.4 is 0 Å². The molecule has 18 heavy (non-hydrogen) atoms. The molecule has 1 aromatic heterocycles. The largest absolute Gasteiger partial charge is 0.388 e. The van der Waals surface area contributed by atoms with Gasteiger partial charge in [0.15, 0.2) is 0 Å². The highest BCUT2D eigenvalue weighted by molar-refractivity contribution is 7.17. The molecule has 0 radical (unpaired) electrons. The van der Waals surface area contributed by atoms with E-state index in [1.54, 1.807) is 11.3 Å². The lowest BCUT2D eigenvalue weighted by atomic mass is 9.75.